The fourth-order valence-electron chi connectivity index (χ4n) is 5.47. The zero-order chi connectivity index (χ0) is 23.0. The van der Waals surface area contributed by atoms with Gasteiger partial charge in [-0.1, -0.05) is 17.7 Å². The molecule has 0 unspecified atom stereocenters. The lowest BCUT2D eigenvalue weighted by atomic mass is 9.60. The average Bonchev–Trinajstić information content (AvgIpc) is 3.38. The molecule has 2 amide bonds. The molecular formula is C23H24ClF3N4O2. The molecule has 1 aromatic heterocycles. The fraction of sp³-hybridized carbons (Fsp3) is 0.565. The molecule has 33 heavy (non-hydrogen) atoms. The zero-order valence-corrected chi connectivity index (χ0v) is 18.6. The molecule has 2 aliphatic heterocycles. The Morgan fingerprint density at radius 1 is 1.12 bits per heavy atom. The quantitative estimate of drug-likeness (QED) is 0.606. The van der Waals surface area contributed by atoms with Crippen molar-refractivity contribution in [2.75, 3.05) is 26.2 Å². The van der Waals surface area contributed by atoms with Crippen LogP contribution in [0.1, 0.15) is 54.8 Å². The normalized spacial score (nSPS) is 22.7. The number of halogens is 4. The van der Waals surface area contributed by atoms with Crippen molar-refractivity contribution in [3.05, 3.63) is 47.0 Å². The smallest absolute Gasteiger partial charge is 0.404 e. The summed E-state index contributed by atoms with van der Waals surface area (Å²) in [6.45, 7) is 2.67. The summed E-state index contributed by atoms with van der Waals surface area (Å²) in [5.74, 6) is 0.320. The van der Waals surface area contributed by atoms with Gasteiger partial charge in [0, 0.05) is 55.7 Å². The van der Waals surface area contributed by atoms with Gasteiger partial charge < -0.3 is 19.1 Å². The van der Waals surface area contributed by atoms with E-state index in [2.05, 4.69) is 20.5 Å². The molecule has 0 bridgehead atoms. The van der Waals surface area contributed by atoms with Gasteiger partial charge in [-0.2, -0.15) is 0 Å². The molecule has 6 nitrogen and oxygen atoms in total. The van der Waals surface area contributed by atoms with Crippen LogP contribution in [-0.2, 0) is 0 Å². The van der Waals surface area contributed by atoms with E-state index in [1.54, 1.807) is 11.0 Å². The van der Waals surface area contributed by atoms with E-state index < -0.39 is 12.1 Å². The number of nitrogens with zero attached hydrogens (tertiary/aromatic N) is 4. The highest BCUT2D eigenvalue weighted by atomic mass is 35.5. The van der Waals surface area contributed by atoms with Gasteiger partial charge in [0.05, 0.1) is 17.0 Å². The number of hydrogen-bond donors (Lipinski definition) is 0. The summed E-state index contributed by atoms with van der Waals surface area (Å²) in [6, 6.07) is 4.84. The summed E-state index contributed by atoms with van der Waals surface area (Å²) in [5, 5.41) is -0.0824. The standard InChI is InChI=1S/C23H24ClF3N4O2/c24-18-5-15(3-4-20(18)33-23(25,26)27)16-8-29(9-16)21(32)31-11-22(12-31)6-17(7-22)30-10-19(28-13-30)14-1-2-14/h3-5,10,13-14,16-17H,1-2,6-9,11-12H2. The Balaban J connectivity index is 0.973. The molecular weight excluding hydrogens is 457 g/mol. The summed E-state index contributed by atoms with van der Waals surface area (Å²) in [7, 11) is 0. The number of alkyl halides is 3. The number of rotatable bonds is 4. The lowest BCUT2D eigenvalue weighted by Crippen LogP contribution is -2.67. The lowest BCUT2D eigenvalue weighted by Gasteiger charge is -2.60. The van der Waals surface area contributed by atoms with Crippen LogP contribution in [0.4, 0.5) is 18.0 Å². The van der Waals surface area contributed by atoms with Crippen molar-refractivity contribution < 1.29 is 22.7 Å². The Labute approximate surface area is 194 Å². The van der Waals surface area contributed by atoms with Crippen molar-refractivity contribution in [3.8, 4) is 5.75 Å². The van der Waals surface area contributed by atoms with E-state index in [0.717, 1.165) is 31.5 Å². The maximum atomic E-state index is 12.8. The molecule has 176 valence electrons. The summed E-state index contributed by atoms with van der Waals surface area (Å²) in [4.78, 5) is 21.0. The van der Waals surface area contributed by atoms with E-state index in [1.165, 1.54) is 30.7 Å². The van der Waals surface area contributed by atoms with Gasteiger partial charge in [-0.05, 0) is 43.4 Å². The molecule has 4 fully saturated rings. The van der Waals surface area contributed by atoms with E-state index in [0.29, 0.717) is 25.0 Å². The molecule has 2 saturated carbocycles. The molecule has 6 rings (SSSR count). The van der Waals surface area contributed by atoms with Crippen LogP contribution in [-0.4, -0.2) is 57.9 Å². The molecule has 4 aliphatic rings. The van der Waals surface area contributed by atoms with Crippen LogP contribution in [0, 0.1) is 5.41 Å². The Morgan fingerprint density at radius 3 is 2.48 bits per heavy atom. The molecule has 3 heterocycles. The van der Waals surface area contributed by atoms with Crippen LogP contribution in [0.2, 0.25) is 5.02 Å². The SMILES string of the molecule is O=C(N1CC(c2ccc(OC(F)(F)F)c(Cl)c2)C1)N1CC2(CC(n3cnc(C4CC4)c3)C2)C1. The number of hydrogen-bond acceptors (Lipinski definition) is 3. The summed E-state index contributed by atoms with van der Waals surface area (Å²) in [5.41, 5.74) is 2.28. The molecule has 0 N–H and O–H groups in total. The van der Waals surface area contributed by atoms with Crippen molar-refractivity contribution >= 4 is 17.6 Å². The van der Waals surface area contributed by atoms with Crippen molar-refractivity contribution in [2.45, 2.75) is 49.9 Å². The largest absolute Gasteiger partial charge is 0.573 e. The molecule has 2 aliphatic carbocycles. The van der Waals surface area contributed by atoms with Crippen molar-refractivity contribution in [2.24, 2.45) is 5.41 Å². The van der Waals surface area contributed by atoms with Gasteiger partial charge >= 0.3 is 12.4 Å². The number of benzene rings is 1. The van der Waals surface area contributed by atoms with Gasteiger partial charge in [-0.25, -0.2) is 9.78 Å². The predicted molar refractivity (Wildman–Crippen MR) is 114 cm³/mol. The number of carbonyl (C=O) groups is 1. The molecule has 0 atom stereocenters. The predicted octanol–water partition coefficient (Wildman–Crippen LogP) is 5.17. The molecule has 2 saturated heterocycles. The van der Waals surface area contributed by atoms with Crippen LogP contribution in [0.25, 0.3) is 0 Å². The number of imidazole rings is 1. The van der Waals surface area contributed by atoms with Gasteiger partial charge in [0.1, 0.15) is 5.75 Å². The number of amides is 2. The lowest BCUT2D eigenvalue weighted by molar-refractivity contribution is -0.274. The number of likely N-dealkylation sites (tertiary alicyclic amines) is 2. The van der Waals surface area contributed by atoms with E-state index in [4.69, 9.17) is 11.6 Å². The van der Waals surface area contributed by atoms with E-state index in [9.17, 15) is 18.0 Å². The maximum Gasteiger partial charge on any atom is 0.573 e. The van der Waals surface area contributed by atoms with Gasteiger partial charge in [0.2, 0.25) is 0 Å². The molecule has 0 radical (unpaired) electrons. The van der Waals surface area contributed by atoms with E-state index in [-0.39, 0.29) is 22.4 Å². The second-order valence-electron chi connectivity index (χ2n) is 10.1. The van der Waals surface area contributed by atoms with Crippen LogP contribution >= 0.6 is 11.6 Å². The highest BCUT2D eigenvalue weighted by Gasteiger charge is 2.55. The highest BCUT2D eigenvalue weighted by molar-refractivity contribution is 6.32. The summed E-state index contributed by atoms with van der Waals surface area (Å²) < 4.78 is 43.4. The molecule has 1 spiro atoms. The third kappa shape index (κ3) is 3.94. The molecule has 10 heteroatoms. The Morgan fingerprint density at radius 2 is 1.85 bits per heavy atom. The second kappa shape index (κ2) is 7.29. The maximum absolute atomic E-state index is 12.8. The first-order valence-electron chi connectivity index (χ1n) is 11.3. The third-order valence-corrected chi connectivity index (χ3v) is 7.80. The van der Waals surface area contributed by atoms with Gasteiger partial charge in [-0.15, -0.1) is 13.2 Å². The van der Waals surface area contributed by atoms with Gasteiger partial charge in [0.15, 0.2) is 0 Å². The van der Waals surface area contributed by atoms with Crippen LogP contribution < -0.4 is 4.74 Å². The monoisotopic (exact) mass is 480 g/mol. The van der Waals surface area contributed by atoms with Crippen LogP contribution in [0.3, 0.4) is 0 Å². The molecule has 2 aromatic rings. The fourth-order valence-corrected chi connectivity index (χ4v) is 5.70. The minimum Gasteiger partial charge on any atom is -0.404 e. The highest BCUT2D eigenvalue weighted by Crippen LogP contribution is 2.54. The summed E-state index contributed by atoms with van der Waals surface area (Å²) in [6.07, 6.45) is 4.06. The van der Waals surface area contributed by atoms with Crippen molar-refractivity contribution in [1.29, 1.82) is 0 Å². The summed E-state index contributed by atoms with van der Waals surface area (Å²) >= 11 is 5.95. The Kier molecular flexibility index (Phi) is 4.67. The number of urea groups is 1. The first kappa shape index (κ1) is 21.1. The topological polar surface area (TPSA) is 50.6 Å². The van der Waals surface area contributed by atoms with Crippen LogP contribution in [0.5, 0.6) is 5.75 Å². The Bertz CT molecular complexity index is 1080. The Hall–Kier alpha value is -2.42. The number of ether oxygens (including phenoxy) is 1. The zero-order valence-electron chi connectivity index (χ0n) is 17.9. The minimum atomic E-state index is -4.78. The number of carbonyl (C=O) groups excluding carboxylic acids is 1. The third-order valence-electron chi connectivity index (χ3n) is 7.50. The van der Waals surface area contributed by atoms with Crippen molar-refractivity contribution in [3.63, 3.8) is 0 Å². The van der Waals surface area contributed by atoms with Crippen LogP contribution in [0.15, 0.2) is 30.7 Å². The number of aromatic nitrogens is 2. The van der Waals surface area contributed by atoms with Gasteiger partial charge in [-0.3, -0.25) is 0 Å². The molecule has 1 aromatic carbocycles. The average molecular weight is 481 g/mol. The first-order chi connectivity index (χ1) is 15.7. The van der Waals surface area contributed by atoms with E-state index in [1.807, 2.05) is 11.2 Å². The first-order valence-corrected chi connectivity index (χ1v) is 11.7. The minimum absolute atomic E-state index is 0.0436. The second-order valence-corrected chi connectivity index (χ2v) is 10.5. The van der Waals surface area contributed by atoms with Crippen molar-refractivity contribution in [1.82, 2.24) is 19.4 Å². The van der Waals surface area contributed by atoms with E-state index >= 15 is 0 Å². The van der Waals surface area contributed by atoms with Gasteiger partial charge in [0.25, 0.3) is 0 Å².